The van der Waals surface area contributed by atoms with Crippen molar-refractivity contribution in [2.75, 3.05) is 5.75 Å². The number of benzene rings is 2. The summed E-state index contributed by atoms with van der Waals surface area (Å²) in [5, 5.41) is 17.4. The molecule has 5 rings (SSSR count). The van der Waals surface area contributed by atoms with E-state index in [2.05, 4.69) is 51.3 Å². The number of nitrogens with zero attached hydrogens (tertiary/aromatic N) is 5. The second kappa shape index (κ2) is 10.5. The van der Waals surface area contributed by atoms with Crippen LogP contribution in [0.5, 0.6) is 0 Å². The predicted octanol–water partition coefficient (Wildman–Crippen LogP) is 4.47. The normalized spacial score (nSPS) is 13.2. The Labute approximate surface area is 210 Å². The molecule has 0 unspecified atom stereocenters. The molecule has 2 aromatic carbocycles. The Hall–Kier alpha value is -3.39. The van der Waals surface area contributed by atoms with Gasteiger partial charge < -0.3 is 9.88 Å². The van der Waals surface area contributed by atoms with Crippen LogP contribution in [-0.2, 0) is 24.4 Å². The lowest BCUT2D eigenvalue weighted by Crippen LogP contribution is -2.25. The third-order valence-electron chi connectivity index (χ3n) is 6.37. The molecule has 0 bridgehead atoms. The van der Waals surface area contributed by atoms with Crippen LogP contribution in [0.25, 0.3) is 0 Å². The van der Waals surface area contributed by atoms with E-state index in [-0.39, 0.29) is 5.91 Å². The second-order valence-electron chi connectivity index (χ2n) is 9.04. The minimum Gasteiger partial charge on any atom is -0.351 e. The maximum Gasteiger partial charge on any atom is 0.230 e. The fraction of sp³-hybridized carbons (Fsp3) is 0.333. The van der Waals surface area contributed by atoms with Crippen LogP contribution in [0.3, 0.4) is 0 Å². The molecule has 2 heterocycles. The number of aryl methyl sites for hydroxylation is 1. The van der Waals surface area contributed by atoms with Gasteiger partial charge in [0.15, 0.2) is 5.16 Å². The maximum absolute atomic E-state index is 12.7. The van der Waals surface area contributed by atoms with Gasteiger partial charge in [0.25, 0.3) is 0 Å². The standard InChI is InChI=1S/C27H30N6OS/c1-19-24(20(2)33(31-19)17-22-11-7-4-8-12-22)15-28-25(34)18-35-27-30-29-26(23-13-14-23)32(27)16-21-9-5-3-6-10-21/h3-12,23H,13-18H2,1-2H3,(H,28,34). The number of carbonyl (C=O) groups is 1. The summed E-state index contributed by atoms with van der Waals surface area (Å²) < 4.78 is 4.18. The summed E-state index contributed by atoms with van der Waals surface area (Å²) in [4.78, 5) is 12.7. The van der Waals surface area contributed by atoms with E-state index in [9.17, 15) is 4.79 Å². The van der Waals surface area contributed by atoms with Crippen molar-refractivity contribution in [3.8, 4) is 0 Å². The molecule has 2 aromatic heterocycles. The molecule has 1 saturated carbocycles. The van der Waals surface area contributed by atoms with Crippen molar-refractivity contribution in [3.05, 3.63) is 94.6 Å². The molecule has 1 fully saturated rings. The molecule has 1 aliphatic rings. The van der Waals surface area contributed by atoms with Crippen molar-refractivity contribution < 1.29 is 4.79 Å². The van der Waals surface area contributed by atoms with E-state index < -0.39 is 0 Å². The lowest BCUT2D eigenvalue weighted by Gasteiger charge is -2.10. The Morgan fingerprint density at radius 1 is 0.971 bits per heavy atom. The highest BCUT2D eigenvalue weighted by atomic mass is 32.2. The van der Waals surface area contributed by atoms with E-state index in [1.54, 1.807) is 0 Å². The van der Waals surface area contributed by atoms with Crippen molar-refractivity contribution in [2.45, 2.75) is 57.4 Å². The number of nitrogens with one attached hydrogen (secondary N) is 1. The Kier molecular flexibility index (Phi) is 6.99. The Balaban J connectivity index is 1.20. The fourth-order valence-corrected chi connectivity index (χ4v) is 5.01. The van der Waals surface area contributed by atoms with Crippen LogP contribution in [-0.4, -0.2) is 36.2 Å². The lowest BCUT2D eigenvalue weighted by atomic mass is 10.2. The maximum atomic E-state index is 12.7. The average molecular weight is 487 g/mol. The van der Waals surface area contributed by atoms with Gasteiger partial charge in [-0.05, 0) is 37.8 Å². The molecular weight excluding hydrogens is 456 g/mol. The lowest BCUT2D eigenvalue weighted by molar-refractivity contribution is -0.118. The summed E-state index contributed by atoms with van der Waals surface area (Å²) in [6.45, 7) is 5.97. The smallest absolute Gasteiger partial charge is 0.230 e. The molecule has 35 heavy (non-hydrogen) atoms. The second-order valence-corrected chi connectivity index (χ2v) is 9.99. The van der Waals surface area contributed by atoms with Crippen LogP contribution in [0.15, 0.2) is 65.8 Å². The first-order valence-corrected chi connectivity index (χ1v) is 13.0. The Bertz CT molecular complexity index is 1290. The van der Waals surface area contributed by atoms with Crippen LogP contribution in [0.2, 0.25) is 0 Å². The van der Waals surface area contributed by atoms with Crippen molar-refractivity contribution >= 4 is 17.7 Å². The first kappa shape index (κ1) is 23.4. The summed E-state index contributed by atoms with van der Waals surface area (Å²) in [5.41, 5.74) is 5.51. The Morgan fingerprint density at radius 3 is 2.29 bits per heavy atom. The minimum absolute atomic E-state index is 0.0214. The highest BCUT2D eigenvalue weighted by Crippen LogP contribution is 2.40. The number of rotatable bonds is 10. The molecule has 180 valence electrons. The topological polar surface area (TPSA) is 77.6 Å². The van der Waals surface area contributed by atoms with Gasteiger partial charge in [-0.2, -0.15) is 5.10 Å². The van der Waals surface area contributed by atoms with E-state index >= 15 is 0 Å². The van der Waals surface area contributed by atoms with Gasteiger partial charge in [0.1, 0.15) is 5.82 Å². The predicted molar refractivity (Wildman–Crippen MR) is 137 cm³/mol. The molecule has 1 amide bonds. The van der Waals surface area contributed by atoms with E-state index in [1.807, 2.05) is 48.0 Å². The molecule has 0 aliphatic heterocycles. The Morgan fingerprint density at radius 2 is 1.63 bits per heavy atom. The van der Waals surface area contributed by atoms with Gasteiger partial charge in [-0.15, -0.1) is 10.2 Å². The number of amides is 1. The molecule has 1 aliphatic carbocycles. The monoisotopic (exact) mass is 486 g/mol. The zero-order chi connectivity index (χ0) is 24.2. The van der Waals surface area contributed by atoms with Gasteiger partial charge in [0, 0.05) is 23.7 Å². The van der Waals surface area contributed by atoms with Gasteiger partial charge in [-0.3, -0.25) is 9.48 Å². The number of hydrogen-bond donors (Lipinski definition) is 1. The average Bonchev–Trinajstić information content (AvgIpc) is 3.59. The number of carbonyl (C=O) groups excluding carboxylic acids is 1. The summed E-state index contributed by atoms with van der Waals surface area (Å²) in [6, 6.07) is 20.6. The van der Waals surface area contributed by atoms with Gasteiger partial charge >= 0.3 is 0 Å². The summed E-state index contributed by atoms with van der Waals surface area (Å²) >= 11 is 1.45. The molecule has 1 N–H and O–H groups in total. The van der Waals surface area contributed by atoms with Gasteiger partial charge in [-0.1, -0.05) is 72.4 Å². The molecule has 0 radical (unpaired) electrons. The summed E-state index contributed by atoms with van der Waals surface area (Å²) in [6.07, 6.45) is 2.32. The molecule has 0 atom stereocenters. The van der Waals surface area contributed by atoms with Crippen LogP contribution >= 0.6 is 11.8 Å². The molecule has 4 aromatic rings. The van der Waals surface area contributed by atoms with E-state index in [4.69, 9.17) is 5.10 Å². The first-order valence-electron chi connectivity index (χ1n) is 12.0. The minimum atomic E-state index is -0.0214. The van der Waals surface area contributed by atoms with E-state index in [1.165, 1.54) is 22.9 Å². The fourth-order valence-electron chi connectivity index (χ4n) is 4.23. The SMILES string of the molecule is Cc1nn(Cc2ccccc2)c(C)c1CNC(=O)CSc1nnc(C2CC2)n1Cc1ccccc1. The first-order chi connectivity index (χ1) is 17.1. The van der Waals surface area contributed by atoms with Crippen LogP contribution in [0.4, 0.5) is 0 Å². The van der Waals surface area contributed by atoms with Crippen molar-refractivity contribution in [1.29, 1.82) is 0 Å². The van der Waals surface area contributed by atoms with Gasteiger partial charge in [-0.25, -0.2) is 0 Å². The zero-order valence-electron chi connectivity index (χ0n) is 20.1. The summed E-state index contributed by atoms with van der Waals surface area (Å²) in [7, 11) is 0. The van der Waals surface area contributed by atoms with E-state index in [0.717, 1.165) is 53.9 Å². The van der Waals surface area contributed by atoms with Crippen LogP contribution in [0, 0.1) is 13.8 Å². The molecule has 7 nitrogen and oxygen atoms in total. The van der Waals surface area contributed by atoms with Crippen molar-refractivity contribution in [2.24, 2.45) is 0 Å². The third-order valence-corrected chi connectivity index (χ3v) is 7.34. The zero-order valence-corrected chi connectivity index (χ0v) is 21.0. The van der Waals surface area contributed by atoms with Crippen molar-refractivity contribution in [3.63, 3.8) is 0 Å². The number of thioether (sulfide) groups is 1. The summed E-state index contributed by atoms with van der Waals surface area (Å²) in [5.74, 6) is 1.81. The van der Waals surface area contributed by atoms with Gasteiger partial charge in [0.2, 0.25) is 5.91 Å². The highest BCUT2D eigenvalue weighted by molar-refractivity contribution is 7.99. The van der Waals surface area contributed by atoms with E-state index in [0.29, 0.717) is 18.2 Å². The van der Waals surface area contributed by atoms with Crippen LogP contribution < -0.4 is 5.32 Å². The molecule has 8 heteroatoms. The quantitative estimate of drug-likeness (QED) is 0.335. The largest absolute Gasteiger partial charge is 0.351 e. The third kappa shape index (κ3) is 5.65. The van der Waals surface area contributed by atoms with Crippen LogP contribution in [0.1, 0.15) is 52.7 Å². The van der Waals surface area contributed by atoms with Crippen molar-refractivity contribution in [1.82, 2.24) is 29.9 Å². The highest BCUT2D eigenvalue weighted by Gasteiger charge is 2.30. The molecular formula is C27H30N6OS. The van der Waals surface area contributed by atoms with Gasteiger partial charge in [0.05, 0.1) is 24.5 Å². The molecule has 0 saturated heterocycles. The number of hydrogen-bond acceptors (Lipinski definition) is 5. The number of aromatic nitrogens is 5. The molecule has 0 spiro atoms.